The van der Waals surface area contributed by atoms with Crippen LogP contribution in [0, 0.1) is 17.8 Å². The van der Waals surface area contributed by atoms with Crippen LogP contribution in [0.1, 0.15) is 46.0 Å². The molecule has 152 valence electrons. The summed E-state index contributed by atoms with van der Waals surface area (Å²) in [6.07, 6.45) is 7.87. The SMILES string of the molecule is CC(C)C1CCC(C(=O)N2CCCN(S(=O)(=O)c3cn(C)cn3)CC2)CC1. The highest BCUT2D eigenvalue weighted by atomic mass is 32.2. The number of aryl methyl sites for hydroxylation is 1. The maximum atomic E-state index is 13.0. The molecule has 7 nitrogen and oxygen atoms in total. The van der Waals surface area contributed by atoms with Crippen molar-refractivity contribution in [1.29, 1.82) is 0 Å². The first-order valence-electron chi connectivity index (χ1n) is 10.1. The van der Waals surface area contributed by atoms with E-state index in [0.29, 0.717) is 38.5 Å². The third kappa shape index (κ3) is 4.54. The number of amides is 1. The Morgan fingerprint density at radius 2 is 1.81 bits per heavy atom. The van der Waals surface area contributed by atoms with Crippen LogP contribution in [0.5, 0.6) is 0 Å². The van der Waals surface area contributed by atoms with E-state index in [-0.39, 0.29) is 16.9 Å². The van der Waals surface area contributed by atoms with Gasteiger partial charge in [0, 0.05) is 45.3 Å². The Labute approximate surface area is 162 Å². The van der Waals surface area contributed by atoms with Crippen molar-refractivity contribution < 1.29 is 13.2 Å². The van der Waals surface area contributed by atoms with Crippen LogP contribution in [0.4, 0.5) is 0 Å². The van der Waals surface area contributed by atoms with Gasteiger partial charge in [-0.05, 0) is 43.9 Å². The van der Waals surface area contributed by atoms with Crippen molar-refractivity contribution in [2.24, 2.45) is 24.8 Å². The standard InChI is InChI=1S/C19H32N4O3S/c1-15(2)16-5-7-17(8-6-16)19(24)22-9-4-10-23(12-11-22)27(25,26)18-13-21(3)14-20-18/h13-17H,4-12H2,1-3H3. The van der Waals surface area contributed by atoms with Gasteiger partial charge in [0.2, 0.25) is 5.91 Å². The van der Waals surface area contributed by atoms with Gasteiger partial charge in [-0.1, -0.05) is 13.8 Å². The summed E-state index contributed by atoms with van der Waals surface area (Å²) in [5.41, 5.74) is 0. The summed E-state index contributed by atoms with van der Waals surface area (Å²) >= 11 is 0. The minimum absolute atomic E-state index is 0.0804. The average molecular weight is 397 g/mol. The minimum atomic E-state index is -3.59. The van der Waals surface area contributed by atoms with Crippen LogP contribution < -0.4 is 0 Å². The highest BCUT2D eigenvalue weighted by molar-refractivity contribution is 7.89. The third-order valence-electron chi connectivity index (χ3n) is 6.12. The van der Waals surface area contributed by atoms with Gasteiger partial charge in [0.05, 0.1) is 6.33 Å². The van der Waals surface area contributed by atoms with Crippen molar-refractivity contribution in [2.75, 3.05) is 26.2 Å². The van der Waals surface area contributed by atoms with Gasteiger partial charge in [-0.3, -0.25) is 4.79 Å². The summed E-state index contributed by atoms with van der Waals surface area (Å²) in [6, 6.07) is 0. The highest BCUT2D eigenvalue weighted by Crippen LogP contribution is 2.34. The third-order valence-corrected chi connectivity index (χ3v) is 7.90. The first-order chi connectivity index (χ1) is 12.8. The van der Waals surface area contributed by atoms with Gasteiger partial charge in [0.15, 0.2) is 5.03 Å². The van der Waals surface area contributed by atoms with Crippen molar-refractivity contribution in [3.05, 3.63) is 12.5 Å². The number of sulfonamides is 1. The second kappa shape index (κ2) is 8.31. The zero-order valence-electron chi connectivity index (χ0n) is 16.7. The molecule has 2 heterocycles. The molecule has 0 aromatic carbocycles. The van der Waals surface area contributed by atoms with Gasteiger partial charge in [-0.2, -0.15) is 4.31 Å². The molecule has 0 unspecified atom stereocenters. The predicted octanol–water partition coefficient (Wildman–Crippen LogP) is 2.11. The van der Waals surface area contributed by atoms with E-state index in [1.165, 1.54) is 16.8 Å². The molecule has 1 saturated heterocycles. The molecule has 1 aliphatic heterocycles. The second-order valence-electron chi connectivity index (χ2n) is 8.32. The molecule has 3 rings (SSSR count). The molecule has 0 radical (unpaired) electrons. The van der Waals surface area contributed by atoms with E-state index in [4.69, 9.17) is 0 Å². The fourth-order valence-electron chi connectivity index (χ4n) is 4.30. The van der Waals surface area contributed by atoms with E-state index in [0.717, 1.165) is 31.6 Å². The van der Waals surface area contributed by atoms with Gasteiger partial charge in [-0.25, -0.2) is 13.4 Å². The molecule has 0 atom stereocenters. The highest BCUT2D eigenvalue weighted by Gasteiger charge is 2.33. The summed E-state index contributed by atoms with van der Waals surface area (Å²) in [5.74, 6) is 1.75. The molecule has 0 N–H and O–H groups in total. The Morgan fingerprint density at radius 3 is 2.41 bits per heavy atom. The van der Waals surface area contributed by atoms with E-state index in [2.05, 4.69) is 18.8 Å². The van der Waals surface area contributed by atoms with Crippen LogP contribution in [0.15, 0.2) is 17.6 Å². The van der Waals surface area contributed by atoms with Crippen LogP contribution in [-0.2, 0) is 21.9 Å². The van der Waals surface area contributed by atoms with Gasteiger partial charge in [0.25, 0.3) is 10.0 Å². The van der Waals surface area contributed by atoms with E-state index in [9.17, 15) is 13.2 Å². The van der Waals surface area contributed by atoms with Crippen molar-refractivity contribution in [3.63, 3.8) is 0 Å². The molecule has 1 amide bonds. The molecule has 27 heavy (non-hydrogen) atoms. The molecule has 8 heteroatoms. The summed E-state index contributed by atoms with van der Waals surface area (Å²) in [4.78, 5) is 18.8. The Bertz CT molecular complexity index is 751. The lowest BCUT2D eigenvalue weighted by Gasteiger charge is -2.33. The zero-order chi connectivity index (χ0) is 19.6. The van der Waals surface area contributed by atoms with E-state index >= 15 is 0 Å². The molecule has 1 saturated carbocycles. The number of carbonyl (C=O) groups excluding carboxylic acids is 1. The lowest BCUT2D eigenvalue weighted by Crippen LogP contribution is -2.41. The van der Waals surface area contributed by atoms with E-state index in [1.54, 1.807) is 11.6 Å². The largest absolute Gasteiger partial charge is 0.341 e. The molecule has 1 aromatic heterocycles. The van der Waals surface area contributed by atoms with Crippen LogP contribution in [0.3, 0.4) is 0 Å². The van der Waals surface area contributed by atoms with Crippen LogP contribution in [0.25, 0.3) is 0 Å². The molecular weight excluding hydrogens is 364 g/mol. The van der Waals surface area contributed by atoms with Gasteiger partial charge >= 0.3 is 0 Å². The van der Waals surface area contributed by atoms with Gasteiger partial charge < -0.3 is 9.47 Å². The summed E-state index contributed by atoms with van der Waals surface area (Å²) in [5, 5.41) is 0.0804. The maximum Gasteiger partial charge on any atom is 0.262 e. The molecule has 0 spiro atoms. The number of aromatic nitrogens is 2. The lowest BCUT2D eigenvalue weighted by molar-refractivity contribution is -0.136. The van der Waals surface area contributed by atoms with Crippen molar-refractivity contribution in [2.45, 2.75) is 51.0 Å². The lowest BCUT2D eigenvalue weighted by atomic mass is 9.76. The molecule has 0 bridgehead atoms. The van der Waals surface area contributed by atoms with Crippen molar-refractivity contribution in [3.8, 4) is 0 Å². The second-order valence-corrected chi connectivity index (χ2v) is 10.2. The molecule has 1 aliphatic carbocycles. The van der Waals surface area contributed by atoms with Crippen LogP contribution in [-0.4, -0.2) is 59.3 Å². The van der Waals surface area contributed by atoms with Crippen LogP contribution >= 0.6 is 0 Å². The first kappa shape index (κ1) is 20.3. The van der Waals surface area contributed by atoms with Crippen molar-refractivity contribution >= 4 is 15.9 Å². The summed E-state index contributed by atoms with van der Waals surface area (Å²) < 4.78 is 28.7. The Balaban J connectivity index is 1.59. The monoisotopic (exact) mass is 396 g/mol. The fraction of sp³-hybridized carbons (Fsp3) is 0.789. The Morgan fingerprint density at radius 1 is 1.11 bits per heavy atom. The number of rotatable bonds is 4. The Kier molecular flexibility index (Phi) is 6.25. The van der Waals surface area contributed by atoms with Gasteiger partial charge in [-0.15, -0.1) is 0 Å². The Hall–Kier alpha value is -1.41. The normalized spacial score (nSPS) is 25.6. The maximum absolute atomic E-state index is 13.0. The number of nitrogens with zero attached hydrogens (tertiary/aromatic N) is 4. The summed E-state index contributed by atoms with van der Waals surface area (Å²) in [7, 11) is -1.84. The first-order valence-corrected chi connectivity index (χ1v) is 11.5. The predicted molar refractivity (Wildman–Crippen MR) is 103 cm³/mol. The average Bonchev–Trinajstić information content (AvgIpc) is 2.94. The van der Waals surface area contributed by atoms with Gasteiger partial charge in [0.1, 0.15) is 0 Å². The number of hydrogen-bond acceptors (Lipinski definition) is 4. The van der Waals surface area contributed by atoms with E-state index in [1.807, 2.05) is 4.90 Å². The topological polar surface area (TPSA) is 75.5 Å². The van der Waals surface area contributed by atoms with E-state index < -0.39 is 10.0 Å². The minimum Gasteiger partial charge on any atom is -0.341 e. The van der Waals surface area contributed by atoms with Crippen molar-refractivity contribution in [1.82, 2.24) is 18.8 Å². The van der Waals surface area contributed by atoms with Crippen LogP contribution in [0.2, 0.25) is 0 Å². The zero-order valence-corrected chi connectivity index (χ0v) is 17.5. The smallest absolute Gasteiger partial charge is 0.262 e. The number of imidazole rings is 1. The molecule has 2 aliphatic rings. The number of hydrogen-bond donors (Lipinski definition) is 0. The molecule has 2 fully saturated rings. The summed E-state index contributed by atoms with van der Waals surface area (Å²) in [6.45, 7) is 6.40. The number of carbonyl (C=O) groups is 1. The fourth-order valence-corrected chi connectivity index (χ4v) is 5.74. The quantitative estimate of drug-likeness (QED) is 0.781. The molecule has 1 aromatic rings. The molecular formula is C19H32N4O3S.